The van der Waals surface area contributed by atoms with Gasteiger partial charge in [0.1, 0.15) is 0 Å². The molecular weight excluding hydrogens is 640 g/mol. The summed E-state index contributed by atoms with van der Waals surface area (Å²) in [6.07, 6.45) is 0. The number of ether oxygens (including phenoxy) is 16. The molecule has 0 unspecified atom stereocenters. The van der Waals surface area contributed by atoms with Crippen molar-refractivity contribution in [2.24, 2.45) is 0 Å². The highest BCUT2D eigenvalue weighted by atomic mass is 16.6. The summed E-state index contributed by atoms with van der Waals surface area (Å²) >= 11 is 0. The Kier molecular flexibility index (Phi) is 45.7. The number of hydrogen-bond donors (Lipinski definition) is 0. The van der Waals surface area contributed by atoms with Crippen LogP contribution in [-0.4, -0.2) is 212 Å². The third-order valence-corrected chi connectivity index (χ3v) is 5.70. The van der Waals surface area contributed by atoms with Crippen LogP contribution in [-0.2, 0) is 75.8 Å². The molecule has 0 fully saturated rings. The van der Waals surface area contributed by atoms with E-state index in [9.17, 15) is 0 Å². The highest BCUT2D eigenvalue weighted by Gasteiger charge is 1.97. The molecule has 0 amide bonds. The van der Waals surface area contributed by atoms with Crippen molar-refractivity contribution in [2.75, 3.05) is 212 Å². The van der Waals surface area contributed by atoms with E-state index in [1.54, 1.807) is 14.2 Å². The Hall–Kier alpha value is -0.640. The summed E-state index contributed by atoms with van der Waals surface area (Å²) < 4.78 is 85.8. The van der Waals surface area contributed by atoms with Gasteiger partial charge in [0, 0.05) is 14.2 Å². The van der Waals surface area contributed by atoms with Crippen molar-refractivity contribution >= 4 is 0 Å². The molecule has 0 rings (SSSR count). The summed E-state index contributed by atoms with van der Waals surface area (Å²) in [6, 6.07) is 0. The molecule has 0 aliphatic heterocycles. The lowest BCUT2D eigenvalue weighted by atomic mass is 10.6. The fraction of sp³-hybridized carbons (Fsp3) is 1.00. The van der Waals surface area contributed by atoms with Crippen LogP contribution >= 0.6 is 0 Å². The fourth-order valence-corrected chi connectivity index (χ4v) is 3.25. The van der Waals surface area contributed by atoms with Gasteiger partial charge in [0.05, 0.1) is 198 Å². The lowest BCUT2D eigenvalue weighted by molar-refractivity contribution is -0.0301. The molecule has 0 saturated carbocycles. The first-order chi connectivity index (χ1) is 23.9. The second-order valence-electron chi connectivity index (χ2n) is 9.56. The Morgan fingerprint density at radius 1 is 0.146 bits per heavy atom. The molecule has 0 aromatic carbocycles. The van der Waals surface area contributed by atoms with Gasteiger partial charge in [0.15, 0.2) is 0 Å². The zero-order chi connectivity index (χ0) is 34.5. The van der Waals surface area contributed by atoms with Crippen molar-refractivity contribution in [3.63, 3.8) is 0 Å². The fourth-order valence-electron chi connectivity index (χ4n) is 3.25. The SMILES string of the molecule is COCCOCCOCCOCCOCCOCCOCCOCCOCCOCCOCCOCCOCCOCCOCCOC. The van der Waals surface area contributed by atoms with Gasteiger partial charge in [0.2, 0.25) is 0 Å². The minimum absolute atomic E-state index is 0.505. The molecular formula is C32H66O16. The maximum absolute atomic E-state index is 5.48. The zero-order valence-corrected chi connectivity index (χ0v) is 29.7. The van der Waals surface area contributed by atoms with Gasteiger partial charge in [-0.25, -0.2) is 0 Å². The monoisotopic (exact) mass is 706 g/mol. The van der Waals surface area contributed by atoms with E-state index in [1.165, 1.54) is 0 Å². The second-order valence-corrected chi connectivity index (χ2v) is 9.56. The van der Waals surface area contributed by atoms with Gasteiger partial charge in [0.25, 0.3) is 0 Å². The predicted octanol–water partition coefficient (Wildman–Crippen LogP) is 0.512. The molecule has 0 aliphatic rings. The van der Waals surface area contributed by atoms with Crippen LogP contribution in [0.1, 0.15) is 0 Å². The van der Waals surface area contributed by atoms with Crippen molar-refractivity contribution in [3.8, 4) is 0 Å². The molecule has 0 heterocycles. The standard InChI is InChI=1S/C32H66O16/c1-33-3-5-35-7-9-37-11-13-39-15-17-41-19-21-43-23-25-45-27-29-47-31-32-48-30-28-46-26-24-44-22-20-42-18-16-40-14-12-38-10-8-36-6-4-34-2/h3-32H2,1-2H3. The summed E-state index contributed by atoms with van der Waals surface area (Å²) in [7, 11) is 3.29. The van der Waals surface area contributed by atoms with Crippen LogP contribution in [0.25, 0.3) is 0 Å². The van der Waals surface area contributed by atoms with Gasteiger partial charge in [-0.05, 0) is 0 Å². The average Bonchev–Trinajstić information content (AvgIpc) is 3.10. The van der Waals surface area contributed by atoms with Crippen LogP contribution in [0, 0.1) is 0 Å². The molecule has 0 atom stereocenters. The van der Waals surface area contributed by atoms with Gasteiger partial charge < -0.3 is 75.8 Å². The second kappa shape index (κ2) is 46.4. The van der Waals surface area contributed by atoms with Gasteiger partial charge in [-0.1, -0.05) is 0 Å². The van der Waals surface area contributed by atoms with Crippen molar-refractivity contribution in [3.05, 3.63) is 0 Å². The number of hydrogen-bond acceptors (Lipinski definition) is 16. The van der Waals surface area contributed by atoms with Gasteiger partial charge in [-0.2, -0.15) is 0 Å². The van der Waals surface area contributed by atoms with Crippen molar-refractivity contribution in [2.45, 2.75) is 0 Å². The Balaban J connectivity index is 3.04. The van der Waals surface area contributed by atoms with Gasteiger partial charge in [-0.15, -0.1) is 0 Å². The summed E-state index contributed by atoms with van der Waals surface area (Å²) in [5.74, 6) is 0. The summed E-state index contributed by atoms with van der Waals surface area (Å²) in [5.41, 5.74) is 0. The maximum Gasteiger partial charge on any atom is 0.0701 e. The van der Waals surface area contributed by atoms with Crippen LogP contribution in [0.2, 0.25) is 0 Å². The molecule has 16 heteroatoms. The molecule has 0 aliphatic carbocycles. The predicted molar refractivity (Wildman–Crippen MR) is 175 cm³/mol. The molecule has 0 aromatic rings. The van der Waals surface area contributed by atoms with Gasteiger partial charge >= 0.3 is 0 Å². The van der Waals surface area contributed by atoms with Crippen molar-refractivity contribution in [1.29, 1.82) is 0 Å². The largest absolute Gasteiger partial charge is 0.382 e. The molecule has 0 aromatic heterocycles. The Labute approximate surface area is 288 Å². The smallest absolute Gasteiger partial charge is 0.0701 e. The summed E-state index contributed by atoms with van der Waals surface area (Å²) in [4.78, 5) is 0. The third-order valence-electron chi connectivity index (χ3n) is 5.70. The van der Waals surface area contributed by atoms with Crippen molar-refractivity contribution in [1.82, 2.24) is 0 Å². The first kappa shape index (κ1) is 47.4. The van der Waals surface area contributed by atoms with E-state index in [4.69, 9.17) is 75.8 Å². The Morgan fingerprint density at radius 2 is 0.229 bits per heavy atom. The minimum Gasteiger partial charge on any atom is -0.382 e. The Morgan fingerprint density at radius 3 is 0.312 bits per heavy atom. The quantitative estimate of drug-likeness (QED) is 0.0810. The molecule has 0 saturated heterocycles. The van der Waals surface area contributed by atoms with Crippen LogP contribution in [0.15, 0.2) is 0 Å². The first-order valence-corrected chi connectivity index (χ1v) is 17.0. The molecule has 16 nitrogen and oxygen atoms in total. The van der Waals surface area contributed by atoms with E-state index < -0.39 is 0 Å². The van der Waals surface area contributed by atoms with E-state index in [-0.39, 0.29) is 0 Å². The Bertz CT molecular complexity index is 506. The van der Waals surface area contributed by atoms with E-state index in [1.807, 2.05) is 0 Å². The van der Waals surface area contributed by atoms with Crippen LogP contribution in [0.4, 0.5) is 0 Å². The lowest BCUT2D eigenvalue weighted by Crippen LogP contribution is -2.15. The lowest BCUT2D eigenvalue weighted by Gasteiger charge is -2.09. The van der Waals surface area contributed by atoms with E-state index >= 15 is 0 Å². The first-order valence-electron chi connectivity index (χ1n) is 17.0. The van der Waals surface area contributed by atoms with E-state index in [2.05, 4.69) is 0 Å². The van der Waals surface area contributed by atoms with Crippen molar-refractivity contribution < 1.29 is 75.8 Å². The third kappa shape index (κ3) is 45.4. The van der Waals surface area contributed by atoms with E-state index in [0.717, 1.165) is 0 Å². The van der Waals surface area contributed by atoms with E-state index in [0.29, 0.717) is 198 Å². The van der Waals surface area contributed by atoms with Crippen LogP contribution < -0.4 is 0 Å². The molecule has 0 bridgehead atoms. The number of rotatable bonds is 45. The molecule has 0 radical (unpaired) electrons. The average molecular weight is 707 g/mol. The maximum atomic E-state index is 5.48. The number of methoxy groups -OCH3 is 2. The topological polar surface area (TPSA) is 148 Å². The summed E-state index contributed by atoms with van der Waals surface area (Å²) in [5, 5.41) is 0. The molecule has 290 valence electrons. The van der Waals surface area contributed by atoms with Crippen LogP contribution in [0.3, 0.4) is 0 Å². The minimum atomic E-state index is 0.505. The van der Waals surface area contributed by atoms with Crippen LogP contribution in [0.5, 0.6) is 0 Å². The zero-order valence-electron chi connectivity index (χ0n) is 29.7. The van der Waals surface area contributed by atoms with Gasteiger partial charge in [-0.3, -0.25) is 0 Å². The normalized spacial score (nSPS) is 11.6. The summed E-state index contributed by atoms with van der Waals surface area (Å²) in [6.45, 7) is 15.9. The molecule has 48 heavy (non-hydrogen) atoms. The highest BCUT2D eigenvalue weighted by Crippen LogP contribution is 1.88. The molecule has 0 spiro atoms. The highest BCUT2D eigenvalue weighted by molar-refractivity contribution is 4.40. The molecule has 0 N–H and O–H groups in total.